The maximum absolute atomic E-state index is 12.5. The maximum atomic E-state index is 12.5. The van der Waals surface area contributed by atoms with Gasteiger partial charge in [0.1, 0.15) is 5.58 Å². The van der Waals surface area contributed by atoms with Gasteiger partial charge in [-0.3, -0.25) is 4.72 Å². The third-order valence-corrected chi connectivity index (χ3v) is 5.33. The summed E-state index contributed by atoms with van der Waals surface area (Å²) in [6.45, 7) is 0. The Bertz CT molecular complexity index is 1030. The molecule has 5 nitrogen and oxygen atoms in total. The van der Waals surface area contributed by atoms with Gasteiger partial charge in [0, 0.05) is 22.0 Å². The highest BCUT2D eigenvalue weighted by molar-refractivity contribution is 7.98. The molecule has 0 unspecified atom stereocenters. The Morgan fingerprint density at radius 3 is 2.65 bits per heavy atom. The monoisotopic (exact) mass is 347 g/mol. The Hall–Kier alpha value is -2.25. The second kappa shape index (κ2) is 6.10. The van der Waals surface area contributed by atoms with Crippen molar-refractivity contribution >= 4 is 38.4 Å². The molecule has 2 aromatic carbocycles. The smallest absolute Gasteiger partial charge is 0.336 e. The summed E-state index contributed by atoms with van der Waals surface area (Å²) < 4.78 is 32.6. The topological polar surface area (TPSA) is 76.4 Å². The molecule has 3 aromatic rings. The van der Waals surface area contributed by atoms with Gasteiger partial charge in [0.2, 0.25) is 0 Å². The normalized spacial score (nSPS) is 11.5. The predicted molar refractivity (Wildman–Crippen MR) is 91.5 cm³/mol. The minimum atomic E-state index is -3.72. The van der Waals surface area contributed by atoms with E-state index < -0.39 is 15.6 Å². The van der Waals surface area contributed by atoms with Gasteiger partial charge in [-0.25, -0.2) is 13.2 Å². The Labute approximate surface area is 137 Å². The molecule has 0 spiro atoms. The molecule has 1 aromatic heterocycles. The SMILES string of the molecule is CSc1cccc(NS(=O)(=O)c2ccc3oc(=O)ccc3c2)c1. The molecule has 23 heavy (non-hydrogen) atoms. The van der Waals surface area contributed by atoms with Crippen LogP contribution in [0.4, 0.5) is 5.69 Å². The third kappa shape index (κ3) is 3.40. The van der Waals surface area contributed by atoms with Crippen LogP contribution in [0.1, 0.15) is 0 Å². The molecule has 118 valence electrons. The fraction of sp³-hybridized carbons (Fsp3) is 0.0625. The van der Waals surface area contributed by atoms with Gasteiger partial charge in [0.25, 0.3) is 10.0 Å². The van der Waals surface area contributed by atoms with E-state index in [9.17, 15) is 13.2 Å². The molecule has 1 heterocycles. The standard InChI is InChI=1S/C16H13NO4S2/c1-22-13-4-2-3-12(10-13)17-23(19,20)14-6-7-15-11(9-14)5-8-16(18)21-15/h2-10,17H,1H3. The molecule has 1 N–H and O–H groups in total. The van der Waals surface area contributed by atoms with E-state index in [-0.39, 0.29) is 4.90 Å². The summed E-state index contributed by atoms with van der Waals surface area (Å²) in [5, 5.41) is 0.547. The summed E-state index contributed by atoms with van der Waals surface area (Å²) in [5.74, 6) is 0. The van der Waals surface area contributed by atoms with Crippen molar-refractivity contribution < 1.29 is 12.8 Å². The minimum absolute atomic E-state index is 0.105. The zero-order chi connectivity index (χ0) is 16.4. The summed E-state index contributed by atoms with van der Waals surface area (Å²) in [4.78, 5) is 12.2. The number of hydrogen-bond donors (Lipinski definition) is 1. The first-order valence-corrected chi connectivity index (χ1v) is 9.39. The number of rotatable bonds is 4. The molecule has 0 amide bonds. The Balaban J connectivity index is 1.98. The van der Waals surface area contributed by atoms with E-state index in [1.54, 1.807) is 18.2 Å². The van der Waals surface area contributed by atoms with Crippen molar-refractivity contribution in [1.82, 2.24) is 0 Å². The second-order valence-electron chi connectivity index (χ2n) is 4.79. The van der Waals surface area contributed by atoms with Crippen LogP contribution >= 0.6 is 11.8 Å². The zero-order valence-electron chi connectivity index (χ0n) is 12.1. The predicted octanol–water partition coefficient (Wildman–Crippen LogP) is 3.32. The highest BCUT2D eigenvalue weighted by Gasteiger charge is 2.15. The third-order valence-electron chi connectivity index (χ3n) is 3.22. The molecule has 0 saturated heterocycles. The number of fused-ring (bicyclic) bond motifs is 1. The highest BCUT2D eigenvalue weighted by atomic mass is 32.2. The average molecular weight is 347 g/mol. The van der Waals surface area contributed by atoms with Gasteiger partial charge in [-0.2, -0.15) is 0 Å². The van der Waals surface area contributed by atoms with Crippen LogP contribution in [0.3, 0.4) is 0 Å². The van der Waals surface area contributed by atoms with Gasteiger partial charge >= 0.3 is 5.63 Å². The van der Waals surface area contributed by atoms with Crippen molar-refractivity contribution in [1.29, 1.82) is 0 Å². The summed E-state index contributed by atoms with van der Waals surface area (Å²) in [7, 11) is -3.72. The molecule has 0 radical (unpaired) electrons. The van der Waals surface area contributed by atoms with Crippen LogP contribution in [0, 0.1) is 0 Å². The van der Waals surface area contributed by atoms with Crippen LogP contribution in [0.25, 0.3) is 11.0 Å². The zero-order valence-corrected chi connectivity index (χ0v) is 13.8. The van der Waals surface area contributed by atoms with Crippen molar-refractivity contribution in [2.45, 2.75) is 9.79 Å². The largest absolute Gasteiger partial charge is 0.423 e. The summed E-state index contributed by atoms with van der Waals surface area (Å²) in [6.07, 6.45) is 1.92. The number of nitrogens with one attached hydrogen (secondary N) is 1. The van der Waals surface area contributed by atoms with E-state index in [1.807, 2.05) is 12.3 Å². The van der Waals surface area contributed by atoms with Crippen LogP contribution in [0.5, 0.6) is 0 Å². The quantitative estimate of drug-likeness (QED) is 0.579. The minimum Gasteiger partial charge on any atom is -0.423 e. The average Bonchev–Trinajstić information content (AvgIpc) is 2.54. The lowest BCUT2D eigenvalue weighted by molar-refractivity contribution is 0.560. The first-order chi connectivity index (χ1) is 11.0. The molecule has 0 saturated carbocycles. The van der Waals surface area contributed by atoms with E-state index in [0.717, 1.165) is 4.90 Å². The van der Waals surface area contributed by atoms with Crippen molar-refractivity contribution in [3.05, 3.63) is 65.0 Å². The van der Waals surface area contributed by atoms with E-state index in [0.29, 0.717) is 16.7 Å². The van der Waals surface area contributed by atoms with Gasteiger partial charge in [-0.05, 0) is 48.7 Å². The van der Waals surface area contributed by atoms with Crippen LogP contribution in [0.15, 0.2) is 73.6 Å². The first kappa shape index (κ1) is 15.6. The molecule has 0 bridgehead atoms. The summed E-state index contributed by atoms with van der Waals surface area (Å²) in [5.41, 5.74) is 0.373. The van der Waals surface area contributed by atoms with E-state index in [4.69, 9.17) is 4.42 Å². The van der Waals surface area contributed by atoms with Crippen molar-refractivity contribution in [2.24, 2.45) is 0 Å². The van der Waals surface area contributed by atoms with Gasteiger partial charge in [-0.1, -0.05) is 6.07 Å². The van der Waals surface area contributed by atoms with Crippen molar-refractivity contribution in [3.63, 3.8) is 0 Å². The lowest BCUT2D eigenvalue weighted by Gasteiger charge is -2.09. The van der Waals surface area contributed by atoms with E-state index in [2.05, 4.69) is 4.72 Å². The molecule has 3 rings (SSSR count). The van der Waals surface area contributed by atoms with Crippen LogP contribution in [-0.2, 0) is 10.0 Å². The Morgan fingerprint density at radius 2 is 1.87 bits per heavy atom. The molecule has 0 fully saturated rings. The van der Waals surface area contributed by atoms with Gasteiger partial charge in [0.15, 0.2) is 0 Å². The molecule has 7 heteroatoms. The molecular formula is C16H13NO4S2. The van der Waals surface area contributed by atoms with Crippen LogP contribution < -0.4 is 10.3 Å². The van der Waals surface area contributed by atoms with Crippen LogP contribution in [0.2, 0.25) is 0 Å². The Morgan fingerprint density at radius 1 is 1.04 bits per heavy atom. The summed E-state index contributed by atoms with van der Waals surface area (Å²) >= 11 is 1.53. The lowest BCUT2D eigenvalue weighted by Crippen LogP contribution is -2.13. The lowest BCUT2D eigenvalue weighted by atomic mass is 10.2. The number of anilines is 1. The number of thioether (sulfide) groups is 1. The number of hydrogen-bond acceptors (Lipinski definition) is 5. The molecule has 0 aliphatic rings. The van der Waals surface area contributed by atoms with Crippen molar-refractivity contribution in [3.8, 4) is 0 Å². The van der Waals surface area contributed by atoms with E-state index >= 15 is 0 Å². The van der Waals surface area contributed by atoms with Gasteiger partial charge in [0.05, 0.1) is 4.90 Å². The fourth-order valence-corrected chi connectivity index (χ4v) is 3.66. The van der Waals surface area contributed by atoms with Gasteiger partial charge in [-0.15, -0.1) is 11.8 Å². The number of sulfonamides is 1. The van der Waals surface area contributed by atoms with Crippen LogP contribution in [-0.4, -0.2) is 14.7 Å². The second-order valence-corrected chi connectivity index (χ2v) is 7.35. The van der Waals surface area contributed by atoms with E-state index in [1.165, 1.54) is 42.1 Å². The highest BCUT2D eigenvalue weighted by Crippen LogP contribution is 2.23. The molecule has 0 aliphatic heterocycles. The fourth-order valence-electron chi connectivity index (χ4n) is 2.12. The number of benzene rings is 2. The van der Waals surface area contributed by atoms with Crippen molar-refractivity contribution in [2.75, 3.05) is 11.0 Å². The molecule has 0 aliphatic carbocycles. The Kier molecular flexibility index (Phi) is 4.14. The maximum Gasteiger partial charge on any atom is 0.336 e. The molecular weight excluding hydrogens is 334 g/mol. The summed E-state index contributed by atoms with van der Waals surface area (Å²) in [6, 6.07) is 14.3. The van der Waals surface area contributed by atoms with Gasteiger partial charge < -0.3 is 4.42 Å². The first-order valence-electron chi connectivity index (χ1n) is 6.69. The molecule has 0 atom stereocenters.